The number of hydrogen-bond donors (Lipinski definition) is 1. The summed E-state index contributed by atoms with van der Waals surface area (Å²) < 4.78 is 11.3. The zero-order valence-electron chi connectivity index (χ0n) is 10.9. The molecule has 0 spiro atoms. The van der Waals surface area contributed by atoms with Crippen LogP contribution in [0.15, 0.2) is 0 Å². The predicted octanol–water partition coefficient (Wildman–Crippen LogP) is 2.51. The first-order valence-electron chi connectivity index (χ1n) is 6.43. The van der Waals surface area contributed by atoms with Crippen LogP contribution in [0.25, 0.3) is 0 Å². The first-order chi connectivity index (χ1) is 7.49. The second-order valence-electron chi connectivity index (χ2n) is 5.58. The molecule has 0 amide bonds. The minimum Gasteiger partial charge on any atom is -0.390 e. The molecule has 16 heavy (non-hydrogen) atoms. The lowest BCUT2D eigenvalue weighted by molar-refractivity contribution is -0.0820. The summed E-state index contributed by atoms with van der Waals surface area (Å²) >= 11 is 0. The van der Waals surface area contributed by atoms with Crippen molar-refractivity contribution in [3.05, 3.63) is 0 Å². The first-order valence-corrected chi connectivity index (χ1v) is 6.43. The van der Waals surface area contributed by atoms with Gasteiger partial charge in [0.1, 0.15) is 0 Å². The van der Waals surface area contributed by atoms with E-state index in [9.17, 15) is 5.11 Å². The fourth-order valence-corrected chi connectivity index (χ4v) is 2.00. The summed E-state index contributed by atoms with van der Waals surface area (Å²) in [6.07, 6.45) is 5.11. The second kappa shape index (κ2) is 6.58. The third-order valence-corrected chi connectivity index (χ3v) is 2.87. The van der Waals surface area contributed by atoms with Gasteiger partial charge in [0.2, 0.25) is 0 Å². The smallest absolute Gasteiger partial charge is 0.0835 e. The van der Waals surface area contributed by atoms with Gasteiger partial charge in [-0.05, 0) is 33.6 Å². The Bertz CT molecular complexity index is 186. The summed E-state index contributed by atoms with van der Waals surface area (Å²) in [5.74, 6) is 0. The first kappa shape index (κ1) is 13.9. The molecule has 0 aliphatic heterocycles. The number of aliphatic hydroxyl groups is 1. The van der Waals surface area contributed by atoms with Crippen LogP contribution in [0, 0.1) is 0 Å². The van der Waals surface area contributed by atoms with Crippen LogP contribution < -0.4 is 0 Å². The van der Waals surface area contributed by atoms with Crippen LogP contribution in [-0.4, -0.2) is 36.1 Å². The van der Waals surface area contributed by atoms with E-state index in [2.05, 4.69) is 0 Å². The highest BCUT2D eigenvalue weighted by atomic mass is 16.5. The summed E-state index contributed by atoms with van der Waals surface area (Å²) in [5, 5.41) is 9.84. The van der Waals surface area contributed by atoms with Gasteiger partial charge in [-0.15, -0.1) is 0 Å². The Labute approximate surface area is 99.1 Å². The van der Waals surface area contributed by atoms with Gasteiger partial charge in [0.25, 0.3) is 0 Å². The molecule has 0 aromatic carbocycles. The van der Waals surface area contributed by atoms with Crippen LogP contribution in [0.4, 0.5) is 0 Å². The van der Waals surface area contributed by atoms with Crippen molar-refractivity contribution in [1.82, 2.24) is 0 Å². The lowest BCUT2D eigenvalue weighted by Crippen LogP contribution is -2.30. The molecule has 0 bridgehead atoms. The van der Waals surface area contributed by atoms with Gasteiger partial charge in [-0.3, -0.25) is 0 Å². The monoisotopic (exact) mass is 230 g/mol. The molecule has 0 saturated heterocycles. The Balaban J connectivity index is 2.15. The summed E-state index contributed by atoms with van der Waals surface area (Å²) in [5.41, 5.74) is -0.106. The maximum atomic E-state index is 9.84. The van der Waals surface area contributed by atoms with E-state index in [1.54, 1.807) is 0 Å². The van der Waals surface area contributed by atoms with E-state index in [1.165, 1.54) is 12.8 Å². The summed E-state index contributed by atoms with van der Waals surface area (Å²) in [6, 6.07) is 0. The van der Waals surface area contributed by atoms with Gasteiger partial charge in [-0.25, -0.2) is 0 Å². The van der Waals surface area contributed by atoms with Crippen LogP contribution in [0.5, 0.6) is 0 Å². The number of hydrogen-bond acceptors (Lipinski definition) is 3. The highest BCUT2D eigenvalue weighted by Crippen LogP contribution is 2.20. The van der Waals surface area contributed by atoms with Crippen molar-refractivity contribution < 1.29 is 14.6 Å². The van der Waals surface area contributed by atoms with E-state index in [4.69, 9.17) is 9.47 Å². The van der Waals surface area contributed by atoms with Crippen molar-refractivity contribution in [3.63, 3.8) is 0 Å². The van der Waals surface area contributed by atoms with E-state index in [-0.39, 0.29) is 17.8 Å². The Hall–Kier alpha value is -0.120. The van der Waals surface area contributed by atoms with Gasteiger partial charge < -0.3 is 14.6 Å². The predicted molar refractivity (Wildman–Crippen MR) is 64.5 cm³/mol. The van der Waals surface area contributed by atoms with E-state index >= 15 is 0 Å². The van der Waals surface area contributed by atoms with E-state index in [0.29, 0.717) is 13.2 Å². The summed E-state index contributed by atoms with van der Waals surface area (Å²) in [4.78, 5) is 0. The third kappa shape index (κ3) is 5.83. The third-order valence-electron chi connectivity index (χ3n) is 2.87. The highest BCUT2D eigenvalue weighted by Gasteiger charge is 2.22. The van der Waals surface area contributed by atoms with Crippen LogP contribution >= 0.6 is 0 Å². The van der Waals surface area contributed by atoms with Crippen molar-refractivity contribution in [3.8, 4) is 0 Å². The molecule has 2 atom stereocenters. The molecule has 1 fully saturated rings. The fraction of sp³-hybridized carbons (Fsp3) is 1.00. The Morgan fingerprint density at radius 2 is 1.75 bits per heavy atom. The minimum absolute atomic E-state index is 0.0195. The maximum Gasteiger partial charge on any atom is 0.0835 e. The van der Waals surface area contributed by atoms with Gasteiger partial charge in [0, 0.05) is 0 Å². The molecule has 1 saturated carbocycles. The zero-order chi connectivity index (χ0) is 12.0. The summed E-state index contributed by atoms with van der Waals surface area (Å²) in [7, 11) is 0. The van der Waals surface area contributed by atoms with Gasteiger partial charge >= 0.3 is 0 Å². The molecule has 0 aromatic rings. The van der Waals surface area contributed by atoms with Gasteiger partial charge in [-0.2, -0.15) is 0 Å². The molecule has 3 nitrogen and oxygen atoms in total. The van der Waals surface area contributed by atoms with Gasteiger partial charge in [0.15, 0.2) is 0 Å². The van der Waals surface area contributed by atoms with Gasteiger partial charge in [0.05, 0.1) is 31.0 Å². The fourth-order valence-electron chi connectivity index (χ4n) is 2.00. The molecule has 1 N–H and O–H groups in total. The lowest BCUT2D eigenvalue weighted by atomic mass is 10.1. The largest absolute Gasteiger partial charge is 0.390 e. The lowest BCUT2D eigenvalue weighted by Gasteiger charge is -2.23. The highest BCUT2D eigenvalue weighted by molar-refractivity contribution is 4.73. The summed E-state index contributed by atoms with van der Waals surface area (Å²) in [6.45, 7) is 7.29. The van der Waals surface area contributed by atoms with E-state index in [1.807, 2.05) is 20.8 Å². The van der Waals surface area contributed by atoms with E-state index in [0.717, 1.165) is 19.3 Å². The van der Waals surface area contributed by atoms with Crippen LogP contribution in [0.1, 0.15) is 52.9 Å². The maximum absolute atomic E-state index is 9.84. The van der Waals surface area contributed by atoms with Crippen LogP contribution in [0.2, 0.25) is 0 Å². The molecular formula is C13H26O3. The number of rotatable bonds is 4. The van der Waals surface area contributed by atoms with Crippen molar-refractivity contribution in [2.45, 2.75) is 70.7 Å². The Morgan fingerprint density at radius 3 is 2.44 bits per heavy atom. The molecule has 3 heteroatoms. The minimum atomic E-state index is -0.280. The molecule has 0 aromatic heterocycles. The SMILES string of the molecule is CC(C)(C)OCCOC1CCCCCC1O. The normalized spacial score (nSPS) is 27.8. The molecule has 2 unspecified atom stereocenters. The molecular weight excluding hydrogens is 204 g/mol. The van der Waals surface area contributed by atoms with Crippen molar-refractivity contribution in [1.29, 1.82) is 0 Å². The average molecular weight is 230 g/mol. The molecule has 1 aliphatic carbocycles. The number of ether oxygens (including phenoxy) is 2. The second-order valence-corrected chi connectivity index (χ2v) is 5.58. The van der Waals surface area contributed by atoms with Crippen LogP contribution in [-0.2, 0) is 9.47 Å². The Morgan fingerprint density at radius 1 is 1.06 bits per heavy atom. The molecule has 0 heterocycles. The average Bonchev–Trinajstić information content (AvgIpc) is 2.37. The van der Waals surface area contributed by atoms with Gasteiger partial charge in [-0.1, -0.05) is 19.3 Å². The number of aliphatic hydroxyl groups excluding tert-OH is 1. The molecule has 0 radical (unpaired) electrons. The molecule has 1 rings (SSSR count). The zero-order valence-corrected chi connectivity index (χ0v) is 10.9. The molecule has 1 aliphatic rings. The quantitative estimate of drug-likeness (QED) is 0.596. The van der Waals surface area contributed by atoms with Crippen molar-refractivity contribution >= 4 is 0 Å². The topological polar surface area (TPSA) is 38.7 Å². The Kier molecular flexibility index (Phi) is 5.73. The van der Waals surface area contributed by atoms with Crippen molar-refractivity contribution in [2.24, 2.45) is 0 Å². The van der Waals surface area contributed by atoms with Crippen molar-refractivity contribution in [2.75, 3.05) is 13.2 Å². The standard InChI is InChI=1S/C13H26O3/c1-13(2,3)16-10-9-15-12-8-6-4-5-7-11(12)14/h11-12,14H,4-10H2,1-3H3. The molecule has 96 valence electrons. The van der Waals surface area contributed by atoms with E-state index < -0.39 is 0 Å². The van der Waals surface area contributed by atoms with Crippen LogP contribution in [0.3, 0.4) is 0 Å².